The summed E-state index contributed by atoms with van der Waals surface area (Å²) < 4.78 is 5.56. The number of aromatic nitrogens is 2. The Morgan fingerprint density at radius 1 is 1.23 bits per heavy atom. The van der Waals surface area contributed by atoms with Crippen molar-refractivity contribution in [2.75, 3.05) is 10.2 Å². The second-order valence-corrected chi connectivity index (χ2v) is 8.54. The highest BCUT2D eigenvalue weighted by molar-refractivity contribution is 6.33. The second-order valence-electron chi connectivity index (χ2n) is 7.84. The summed E-state index contributed by atoms with van der Waals surface area (Å²) in [6, 6.07) is 6.92. The average molecular weight is 454 g/mol. The number of benzene rings is 1. The van der Waals surface area contributed by atoms with Crippen molar-refractivity contribution >= 4 is 52.2 Å². The Bertz CT molecular complexity index is 959. The molecule has 1 fully saturated rings. The van der Waals surface area contributed by atoms with E-state index in [2.05, 4.69) is 15.3 Å². The molecule has 1 N–H and O–H groups in total. The van der Waals surface area contributed by atoms with Gasteiger partial charge >= 0.3 is 11.8 Å². The molecule has 30 heavy (non-hydrogen) atoms. The standard InChI is InChI=1S/C19H21Cl2N5O4/c1-19(2,3)30-18(27)25(12-5-4-6-12)13-9-7-11(8-10-13)22-16-14(26(28)29)15(20)23-17(21)24-16/h7-10,12H,4-6H2,1-3H3,(H,22,23,24). The van der Waals surface area contributed by atoms with Gasteiger partial charge < -0.3 is 10.1 Å². The van der Waals surface area contributed by atoms with Gasteiger partial charge in [-0.2, -0.15) is 9.97 Å². The molecule has 11 heteroatoms. The molecule has 9 nitrogen and oxygen atoms in total. The van der Waals surface area contributed by atoms with Gasteiger partial charge in [0.25, 0.3) is 0 Å². The van der Waals surface area contributed by atoms with E-state index in [0.717, 1.165) is 19.3 Å². The van der Waals surface area contributed by atoms with Crippen LogP contribution in [0.3, 0.4) is 0 Å². The quantitative estimate of drug-likeness (QED) is 0.266. The molecule has 160 valence electrons. The average Bonchev–Trinajstić information content (AvgIpc) is 2.56. The summed E-state index contributed by atoms with van der Waals surface area (Å²) in [5.41, 5.74) is 0.0959. The number of ether oxygens (including phenoxy) is 1. The Morgan fingerprint density at radius 3 is 2.37 bits per heavy atom. The van der Waals surface area contributed by atoms with Crippen LogP contribution in [0.2, 0.25) is 10.4 Å². The minimum Gasteiger partial charge on any atom is -0.443 e. The van der Waals surface area contributed by atoms with Crippen molar-refractivity contribution in [2.24, 2.45) is 0 Å². The summed E-state index contributed by atoms with van der Waals surface area (Å²) in [7, 11) is 0. The molecule has 1 aromatic heterocycles. The minimum absolute atomic E-state index is 0.0826. The summed E-state index contributed by atoms with van der Waals surface area (Å²) in [4.78, 5) is 32.4. The van der Waals surface area contributed by atoms with Crippen LogP contribution in [-0.4, -0.2) is 32.6 Å². The first kappa shape index (κ1) is 22.0. The highest BCUT2D eigenvalue weighted by atomic mass is 35.5. The lowest BCUT2D eigenvalue weighted by Gasteiger charge is -2.38. The van der Waals surface area contributed by atoms with E-state index in [9.17, 15) is 14.9 Å². The highest BCUT2D eigenvalue weighted by Gasteiger charge is 2.33. The van der Waals surface area contributed by atoms with E-state index in [1.807, 2.05) is 20.8 Å². The SMILES string of the molecule is CC(C)(C)OC(=O)N(c1ccc(Nc2nc(Cl)nc(Cl)c2[N+](=O)[O-])cc1)C1CCC1. The molecule has 2 aromatic rings. The van der Waals surface area contributed by atoms with Crippen LogP contribution in [0.25, 0.3) is 0 Å². The van der Waals surface area contributed by atoms with Crippen LogP contribution >= 0.6 is 23.2 Å². The first-order valence-electron chi connectivity index (χ1n) is 9.32. The van der Waals surface area contributed by atoms with E-state index in [-0.39, 0.29) is 22.3 Å². The van der Waals surface area contributed by atoms with Gasteiger partial charge in [-0.25, -0.2) is 4.79 Å². The van der Waals surface area contributed by atoms with Gasteiger partial charge in [0.1, 0.15) is 5.60 Å². The van der Waals surface area contributed by atoms with Crippen molar-refractivity contribution in [1.29, 1.82) is 0 Å². The van der Waals surface area contributed by atoms with Gasteiger partial charge in [-0.15, -0.1) is 0 Å². The molecule has 0 spiro atoms. The number of hydrogen-bond acceptors (Lipinski definition) is 7. The van der Waals surface area contributed by atoms with Gasteiger partial charge in [0.05, 0.1) is 4.92 Å². The van der Waals surface area contributed by atoms with Crippen LogP contribution in [0, 0.1) is 10.1 Å². The zero-order chi connectivity index (χ0) is 22.1. The maximum Gasteiger partial charge on any atom is 0.415 e. The molecular weight excluding hydrogens is 433 g/mol. The summed E-state index contributed by atoms with van der Waals surface area (Å²) >= 11 is 11.6. The number of nitrogens with zero attached hydrogens (tertiary/aromatic N) is 4. The summed E-state index contributed by atoms with van der Waals surface area (Å²) in [6.45, 7) is 5.46. The zero-order valence-corrected chi connectivity index (χ0v) is 18.2. The lowest BCUT2D eigenvalue weighted by Crippen LogP contribution is -2.46. The van der Waals surface area contributed by atoms with Gasteiger partial charge in [0, 0.05) is 17.4 Å². The van der Waals surface area contributed by atoms with Crippen LogP contribution in [0.5, 0.6) is 0 Å². The molecule has 1 saturated carbocycles. The van der Waals surface area contributed by atoms with Crippen LogP contribution in [-0.2, 0) is 4.74 Å². The summed E-state index contributed by atoms with van der Waals surface area (Å²) in [6.07, 6.45) is 2.47. The maximum atomic E-state index is 12.7. The number of nitro groups is 1. The molecule has 0 unspecified atom stereocenters. The zero-order valence-electron chi connectivity index (χ0n) is 16.7. The molecule has 0 atom stereocenters. The number of rotatable bonds is 5. The fourth-order valence-corrected chi connectivity index (χ4v) is 3.37. The third kappa shape index (κ3) is 5.09. The summed E-state index contributed by atoms with van der Waals surface area (Å²) in [5, 5.41) is 13.5. The van der Waals surface area contributed by atoms with Gasteiger partial charge in [-0.05, 0) is 75.9 Å². The van der Waals surface area contributed by atoms with Crippen molar-refractivity contribution in [2.45, 2.75) is 51.7 Å². The molecule has 0 saturated heterocycles. The lowest BCUT2D eigenvalue weighted by molar-refractivity contribution is -0.384. The lowest BCUT2D eigenvalue weighted by atomic mass is 9.91. The van der Waals surface area contributed by atoms with Gasteiger partial charge in [-0.3, -0.25) is 15.0 Å². The number of carbonyl (C=O) groups is 1. The number of hydrogen-bond donors (Lipinski definition) is 1. The first-order chi connectivity index (χ1) is 14.0. The van der Waals surface area contributed by atoms with Crippen molar-refractivity contribution in [3.05, 3.63) is 44.8 Å². The molecule has 1 aromatic carbocycles. The Hall–Kier alpha value is -2.65. The maximum absolute atomic E-state index is 12.7. The number of nitrogens with one attached hydrogen (secondary N) is 1. The fraction of sp³-hybridized carbons (Fsp3) is 0.421. The van der Waals surface area contributed by atoms with E-state index in [0.29, 0.717) is 11.4 Å². The van der Waals surface area contributed by atoms with Crippen LogP contribution in [0.4, 0.5) is 27.7 Å². The Kier molecular flexibility index (Phi) is 6.33. The van der Waals surface area contributed by atoms with Crippen LogP contribution in [0.1, 0.15) is 40.0 Å². The van der Waals surface area contributed by atoms with Gasteiger partial charge in [0.15, 0.2) is 0 Å². The van der Waals surface area contributed by atoms with Gasteiger partial charge in [-0.1, -0.05) is 11.6 Å². The molecule has 0 aliphatic heterocycles. The highest BCUT2D eigenvalue weighted by Crippen LogP contribution is 2.35. The van der Waals surface area contributed by atoms with Gasteiger partial charge in [0.2, 0.25) is 16.3 Å². The molecule has 1 amide bonds. The predicted molar refractivity (Wildman–Crippen MR) is 115 cm³/mol. The third-order valence-corrected chi connectivity index (χ3v) is 4.87. The monoisotopic (exact) mass is 453 g/mol. The molecule has 1 aliphatic carbocycles. The van der Waals surface area contributed by atoms with Crippen molar-refractivity contribution < 1.29 is 14.5 Å². The van der Waals surface area contributed by atoms with Crippen LogP contribution < -0.4 is 10.2 Å². The topological polar surface area (TPSA) is 110 Å². The number of halogens is 2. The first-order valence-corrected chi connectivity index (χ1v) is 10.1. The molecule has 1 aliphatic rings. The molecule has 3 rings (SSSR count). The van der Waals surface area contributed by atoms with Crippen molar-refractivity contribution in [1.82, 2.24) is 9.97 Å². The van der Waals surface area contributed by atoms with E-state index in [4.69, 9.17) is 27.9 Å². The van der Waals surface area contributed by atoms with Crippen molar-refractivity contribution in [3.63, 3.8) is 0 Å². The number of amides is 1. The number of anilines is 3. The smallest absolute Gasteiger partial charge is 0.415 e. The summed E-state index contributed by atoms with van der Waals surface area (Å²) in [5.74, 6) is -0.124. The van der Waals surface area contributed by atoms with Crippen molar-refractivity contribution in [3.8, 4) is 0 Å². The molecule has 1 heterocycles. The van der Waals surface area contributed by atoms with Crippen LogP contribution in [0.15, 0.2) is 24.3 Å². The second kappa shape index (κ2) is 8.61. The predicted octanol–water partition coefficient (Wildman–Crippen LogP) is 5.73. The minimum atomic E-state index is -0.684. The Balaban J connectivity index is 1.85. The molecule has 0 bridgehead atoms. The Labute approximate surface area is 183 Å². The largest absolute Gasteiger partial charge is 0.443 e. The molecular formula is C19H21Cl2N5O4. The molecule has 0 radical (unpaired) electrons. The third-order valence-electron chi connectivity index (χ3n) is 4.44. The normalized spacial score (nSPS) is 14.0. The Morgan fingerprint density at radius 2 is 1.87 bits per heavy atom. The number of carbonyl (C=O) groups excluding carboxylic acids is 1. The van der Waals surface area contributed by atoms with E-state index >= 15 is 0 Å². The van der Waals surface area contributed by atoms with E-state index in [1.165, 1.54) is 0 Å². The fourth-order valence-electron chi connectivity index (χ4n) is 2.91. The van der Waals surface area contributed by atoms with E-state index in [1.54, 1.807) is 29.2 Å². The van der Waals surface area contributed by atoms with E-state index < -0.39 is 22.3 Å².